The molecule has 3 aliphatic heterocycles. The SMILES string of the molecule is C=CC(=O)N1CCC(c2nc(OC[C@@H]3CCCN3C(C)C)nc3c2CCN(c2cccc4ccccc24)C3)CC1. The summed E-state index contributed by atoms with van der Waals surface area (Å²) in [5, 5.41) is 2.53. The first kappa shape index (κ1) is 26.8. The maximum absolute atomic E-state index is 12.2. The largest absolute Gasteiger partial charge is 0.462 e. The molecule has 1 amide bonds. The van der Waals surface area contributed by atoms with Gasteiger partial charge in [0, 0.05) is 48.7 Å². The average Bonchev–Trinajstić information content (AvgIpc) is 3.48. The van der Waals surface area contributed by atoms with Gasteiger partial charge in [-0.15, -0.1) is 0 Å². The molecule has 0 saturated carbocycles. The highest BCUT2D eigenvalue weighted by atomic mass is 16.5. The minimum Gasteiger partial charge on any atom is -0.462 e. The Morgan fingerprint density at radius 2 is 1.85 bits per heavy atom. The van der Waals surface area contributed by atoms with Gasteiger partial charge in [0.2, 0.25) is 5.91 Å². The van der Waals surface area contributed by atoms with Crippen molar-refractivity contribution in [2.75, 3.05) is 37.7 Å². The lowest BCUT2D eigenvalue weighted by Gasteiger charge is -2.35. The third-order valence-electron chi connectivity index (χ3n) is 9.04. The number of carbonyl (C=O) groups is 1. The Labute approximate surface area is 237 Å². The minimum atomic E-state index is 0.0178. The molecule has 3 aliphatic rings. The number of hydrogen-bond donors (Lipinski definition) is 0. The van der Waals surface area contributed by atoms with Crippen molar-refractivity contribution in [3.05, 3.63) is 72.1 Å². The van der Waals surface area contributed by atoms with E-state index in [-0.39, 0.29) is 5.91 Å². The smallest absolute Gasteiger partial charge is 0.316 e. The van der Waals surface area contributed by atoms with E-state index in [0.717, 1.165) is 69.8 Å². The third-order valence-corrected chi connectivity index (χ3v) is 9.04. The number of nitrogens with zero attached hydrogens (tertiary/aromatic N) is 5. The quantitative estimate of drug-likeness (QED) is 0.378. The van der Waals surface area contributed by atoms with E-state index in [2.05, 4.69) is 72.7 Å². The highest BCUT2D eigenvalue weighted by Crippen LogP contribution is 2.36. The number of anilines is 1. The lowest BCUT2D eigenvalue weighted by atomic mass is 9.87. The van der Waals surface area contributed by atoms with Crippen molar-refractivity contribution in [1.29, 1.82) is 0 Å². The van der Waals surface area contributed by atoms with Crippen molar-refractivity contribution in [1.82, 2.24) is 19.8 Å². The summed E-state index contributed by atoms with van der Waals surface area (Å²) in [7, 11) is 0. The maximum Gasteiger partial charge on any atom is 0.316 e. The van der Waals surface area contributed by atoms with Crippen molar-refractivity contribution in [3.63, 3.8) is 0 Å². The fourth-order valence-corrected chi connectivity index (χ4v) is 6.92. The summed E-state index contributed by atoms with van der Waals surface area (Å²) in [6.07, 6.45) is 6.50. The van der Waals surface area contributed by atoms with E-state index in [4.69, 9.17) is 14.7 Å². The Morgan fingerprint density at radius 3 is 2.65 bits per heavy atom. The van der Waals surface area contributed by atoms with Gasteiger partial charge in [0.25, 0.3) is 0 Å². The number of rotatable bonds is 7. The van der Waals surface area contributed by atoms with Gasteiger partial charge in [-0.25, -0.2) is 0 Å². The second kappa shape index (κ2) is 11.6. The topological polar surface area (TPSA) is 61.8 Å². The maximum atomic E-state index is 12.2. The van der Waals surface area contributed by atoms with Crippen LogP contribution in [0.3, 0.4) is 0 Å². The molecule has 2 saturated heterocycles. The molecule has 0 bridgehead atoms. The lowest BCUT2D eigenvalue weighted by Crippen LogP contribution is -2.39. The molecule has 7 heteroatoms. The first-order valence-corrected chi connectivity index (χ1v) is 14.9. The fraction of sp³-hybridized carbons (Fsp3) is 0.485. The monoisotopic (exact) mass is 539 g/mol. The minimum absolute atomic E-state index is 0.0178. The molecule has 2 fully saturated rings. The van der Waals surface area contributed by atoms with Crippen molar-refractivity contribution in [2.24, 2.45) is 0 Å². The van der Waals surface area contributed by atoms with Gasteiger partial charge in [-0.2, -0.15) is 9.97 Å². The Kier molecular flexibility index (Phi) is 7.74. The second-order valence-electron chi connectivity index (χ2n) is 11.7. The number of amides is 1. The van der Waals surface area contributed by atoms with E-state index in [1.807, 2.05) is 4.90 Å². The van der Waals surface area contributed by atoms with Crippen molar-refractivity contribution in [2.45, 2.75) is 70.5 Å². The van der Waals surface area contributed by atoms with Gasteiger partial charge in [-0.3, -0.25) is 9.69 Å². The molecule has 0 unspecified atom stereocenters. The molecule has 0 N–H and O–H groups in total. The zero-order chi connectivity index (χ0) is 27.6. The third kappa shape index (κ3) is 5.31. The van der Waals surface area contributed by atoms with Crippen molar-refractivity contribution < 1.29 is 9.53 Å². The van der Waals surface area contributed by atoms with Crippen LogP contribution in [0, 0.1) is 0 Å². The number of carbonyl (C=O) groups excluding carboxylic acids is 1. The molecule has 7 nitrogen and oxygen atoms in total. The van der Waals surface area contributed by atoms with Crippen LogP contribution in [0.2, 0.25) is 0 Å². The molecule has 4 heterocycles. The molecule has 6 rings (SSSR count). The molecule has 40 heavy (non-hydrogen) atoms. The van der Waals surface area contributed by atoms with E-state index in [9.17, 15) is 4.79 Å². The number of aromatic nitrogens is 2. The van der Waals surface area contributed by atoms with Gasteiger partial charge >= 0.3 is 6.01 Å². The number of likely N-dealkylation sites (tertiary alicyclic amines) is 2. The van der Waals surface area contributed by atoms with E-state index in [0.29, 0.717) is 30.6 Å². The van der Waals surface area contributed by atoms with E-state index in [1.54, 1.807) is 0 Å². The number of fused-ring (bicyclic) bond motifs is 2. The lowest BCUT2D eigenvalue weighted by molar-refractivity contribution is -0.127. The zero-order valence-corrected chi connectivity index (χ0v) is 23.9. The van der Waals surface area contributed by atoms with Gasteiger partial charge in [0.1, 0.15) is 6.61 Å². The highest BCUT2D eigenvalue weighted by Gasteiger charge is 2.32. The Bertz CT molecular complexity index is 1380. The Hall–Kier alpha value is -3.45. The highest BCUT2D eigenvalue weighted by molar-refractivity contribution is 5.94. The van der Waals surface area contributed by atoms with Gasteiger partial charge in [0.15, 0.2) is 0 Å². The summed E-state index contributed by atoms with van der Waals surface area (Å²) >= 11 is 0. The number of benzene rings is 2. The first-order valence-electron chi connectivity index (χ1n) is 14.9. The second-order valence-corrected chi connectivity index (χ2v) is 11.7. The Morgan fingerprint density at radius 1 is 1.05 bits per heavy atom. The summed E-state index contributed by atoms with van der Waals surface area (Å²) < 4.78 is 6.40. The predicted octanol–water partition coefficient (Wildman–Crippen LogP) is 5.34. The van der Waals surface area contributed by atoms with Crippen LogP contribution < -0.4 is 9.64 Å². The molecular formula is C33H41N5O2. The van der Waals surface area contributed by atoms with Crippen LogP contribution >= 0.6 is 0 Å². The van der Waals surface area contributed by atoms with Crippen molar-refractivity contribution in [3.8, 4) is 6.01 Å². The average molecular weight is 540 g/mol. The predicted molar refractivity (Wildman–Crippen MR) is 160 cm³/mol. The molecule has 0 radical (unpaired) electrons. The molecule has 210 valence electrons. The van der Waals surface area contributed by atoms with Gasteiger partial charge in [0.05, 0.1) is 17.9 Å². The molecular weight excluding hydrogens is 498 g/mol. The standard InChI is InChI=1S/C33H41N5O2/c1-4-31(39)36-18-14-25(15-19-36)32-28-16-20-37(30-13-7-10-24-9-5-6-12-27(24)30)21-29(28)34-33(35-32)40-22-26-11-8-17-38(26)23(2)3/h4-7,9-10,12-13,23,25-26H,1,8,11,14-22H2,2-3H3/t26-/m0/s1. The molecule has 1 atom stereocenters. The summed E-state index contributed by atoms with van der Waals surface area (Å²) in [5.41, 5.74) is 4.74. The van der Waals surface area contributed by atoms with Gasteiger partial charge in [-0.05, 0) is 75.6 Å². The summed E-state index contributed by atoms with van der Waals surface area (Å²) in [4.78, 5) is 29.2. The van der Waals surface area contributed by atoms with Crippen LogP contribution in [0.1, 0.15) is 62.4 Å². The van der Waals surface area contributed by atoms with E-state index >= 15 is 0 Å². The van der Waals surface area contributed by atoms with E-state index < -0.39 is 0 Å². The normalized spacial score (nSPS) is 20.2. The molecule has 2 aromatic carbocycles. The molecule has 3 aromatic rings. The van der Waals surface area contributed by atoms with Crippen LogP contribution in [-0.2, 0) is 17.8 Å². The summed E-state index contributed by atoms with van der Waals surface area (Å²) in [5.74, 6) is 0.319. The number of ether oxygens (including phenoxy) is 1. The fourth-order valence-electron chi connectivity index (χ4n) is 6.92. The summed E-state index contributed by atoms with van der Waals surface area (Å²) in [6.45, 7) is 13.1. The molecule has 0 aliphatic carbocycles. The van der Waals surface area contributed by atoms with Gasteiger partial charge in [-0.1, -0.05) is 43.0 Å². The van der Waals surface area contributed by atoms with Crippen molar-refractivity contribution >= 4 is 22.4 Å². The van der Waals surface area contributed by atoms with Crippen LogP contribution in [-0.4, -0.2) is 70.5 Å². The number of piperidine rings is 1. The van der Waals surface area contributed by atoms with Crippen LogP contribution in [0.4, 0.5) is 5.69 Å². The van der Waals surface area contributed by atoms with Crippen LogP contribution in [0.25, 0.3) is 10.8 Å². The van der Waals surface area contributed by atoms with Crippen LogP contribution in [0.5, 0.6) is 6.01 Å². The summed E-state index contributed by atoms with van der Waals surface area (Å²) in [6, 6.07) is 16.6. The Balaban J connectivity index is 1.29. The molecule has 1 aromatic heterocycles. The number of hydrogen-bond acceptors (Lipinski definition) is 6. The van der Waals surface area contributed by atoms with Gasteiger partial charge < -0.3 is 14.5 Å². The van der Waals surface area contributed by atoms with E-state index in [1.165, 1.54) is 34.5 Å². The first-order chi connectivity index (χ1) is 19.5. The van der Waals surface area contributed by atoms with Crippen LogP contribution in [0.15, 0.2) is 55.1 Å². The molecule has 0 spiro atoms. The zero-order valence-electron chi connectivity index (χ0n) is 23.9.